The number of methoxy groups -OCH3 is 1. The van der Waals surface area contributed by atoms with Crippen LogP contribution < -0.4 is 15.6 Å². The highest BCUT2D eigenvalue weighted by Crippen LogP contribution is 2.20. The first-order chi connectivity index (χ1) is 13.8. The summed E-state index contributed by atoms with van der Waals surface area (Å²) < 4.78 is 5.06. The summed E-state index contributed by atoms with van der Waals surface area (Å²) in [4.78, 5) is 56.4. The van der Waals surface area contributed by atoms with Crippen molar-refractivity contribution >= 4 is 45.8 Å². The third-order valence-corrected chi connectivity index (χ3v) is 4.41. The molecule has 0 fully saturated rings. The minimum Gasteiger partial charge on any atom is -0.497 e. The van der Waals surface area contributed by atoms with Gasteiger partial charge >= 0.3 is 0 Å². The highest BCUT2D eigenvalue weighted by Gasteiger charge is 2.34. The largest absolute Gasteiger partial charge is 0.497 e. The zero-order chi connectivity index (χ0) is 21.1. The summed E-state index contributed by atoms with van der Waals surface area (Å²) in [5.74, 6) is -3.97. The van der Waals surface area contributed by atoms with Gasteiger partial charge in [0.2, 0.25) is 5.78 Å². The molecule has 1 atom stereocenters. The lowest BCUT2D eigenvalue weighted by atomic mass is 9.95. The molecule has 0 saturated carbocycles. The number of hydrogen-bond donors (Lipinski definition) is 2. The van der Waals surface area contributed by atoms with Crippen LogP contribution in [0.3, 0.4) is 0 Å². The van der Waals surface area contributed by atoms with E-state index in [1.54, 1.807) is 24.3 Å². The maximum absolute atomic E-state index is 12.7. The molecule has 29 heavy (non-hydrogen) atoms. The molecule has 3 aromatic rings. The van der Waals surface area contributed by atoms with Crippen molar-refractivity contribution in [2.75, 3.05) is 12.4 Å². The van der Waals surface area contributed by atoms with Gasteiger partial charge in [0.25, 0.3) is 11.5 Å². The molecule has 9 heteroatoms. The van der Waals surface area contributed by atoms with Crippen LogP contribution in [-0.2, 0) is 14.4 Å². The van der Waals surface area contributed by atoms with E-state index in [0.717, 1.165) is 6.92 Å². The van der Waals surface area contributed by atoms with E-state index in [9.17, 15) is 19.2 Å². The van der Waals surface area contributed by atoms with Gasteiger partial charge < -0.3 is 15.0 Å². The van der Waals surface area contributed by atoms with Crippen LogP contribution in [0.1, 0.15) is 18.5 Å². The summed E-state index contributed by atoms with van der Waals surface area (Å²) in [6.07, 6.45) is 0. The first-order valence-corrected chi connectivity index (χ1v) is 8.87. The average molecular weight is 414 g/mol. The van der Waals surface area contributed by atoms with Crippen molar-refractivity contribution in [3.8, 4) is 5.75 Å². The number of fused-ring (bicyclic) bond motifs is 1. The topological polar surface area (TPSA) is 118 Å². The van der Waals surface area contributed by atoms with E-state index < -0.39 is 29.0 Å². The number of Topliss-reactive ketones (excluding diaryl/α,β-unsaturated/α-hetero) is 2. The lowest BCUT2D eigenvalue weighted by molar-refractivity contribution is -0.138. The molecule has 0 aliphatic carbocycles. The van der Waals surface area contributed by atoms with E-state index in [1.165, 1.54) is 25.3 Å². The van der Waals surface area contributed by atoms with Crippen LogP contribution in [0.5, 0.6) is 5.75 Å². The number of carbonyl (C=O) groups excluding carboxylic acids is 3. The van der Waals surface area contributed by atoms with Crippen LogP contribution in [-0.4, -0.2) is 34.6 Å². The number of rotatable bonds is 6. The number of ether oxygens (including phenoxy) is 1. The van der Waals surface area contributed by atoms with Crippen LogP contribution in [0, 0.1) is 0 Å². The number of anilines is 1. The standard InChI is InChI=1S/C20H16ClN3O5/c1-10(25)16(17-19(27)24-15-8-11(21)6-7-14(15)23-17)18(26)20(28)22-12-4-3-5-13(9-12)29-2/h3-9,16H,1-2H3,(H,22,28)(H,24,27)/t16-/m0/s1. The zero-order valence-electron chi connectivity index (χ0n) is 15.5. The van der Waals surface area contributed by atoms with Gasteiger partial charge in [-0.3, -0.25) is 19.2 Å². The molecule has 3 rings (SSSR count). The number of ketones is 2. The fourth-order valence-corrected chi connectivity index (χ4v) is 2.97. The van der Waals surface area contributed by atoms with Gasteiger partial charge in [-0.2, -0.15) is 0 Å². The molecule has 0 bridgehead atoms. The SMILES string of the molecule is COc1cccc(NC(=O)C(=O)[C@@H](C(C)=O)c2nc3ccc(Cl)cc3[nH]c2=O)c1. The van der Waals surface area contributed by atoms with Gasteiger partial charge in [0.15, 0.2) is 0 Å². The third-order valence-electron chi connectivity index (χ3n) is 4.17. The van der Waals surface area contributed by atoms with E-state index in [4.69, 9.17) is 16.3 Å². The normalized spacial score (nSPS) is 11.7. The van der Waals surface area contributed by atoms with Crippen molar-refractivity contribution < 1.29 is 19.1 Å². The summed E-state index contributed by atoms with van der Waals surface area (Å²) in [6, 6.07) is 11.0. The Hall–Kier alpha value is -3.52. The second-order valence-electron chi connectivity index (χ2n) is 6.21. The Morgan fingerprint density at radius 2 is 1.93 bits per heavy atom. The minimum atomic E-state index is -1.63. The Morgan fingerprint density at radius 3 is 2.62 bits per heavy atom. The number of nitrogens with one attached hydrogen (secondary N) is 2. The summed E-state index contributed by atoms with van der Waals surface area (Å²) in [5.41, 5.74) is -0.112. The Labute approximate surface area is 169 Å². The van der Waals surface area contributed by atoms with Crippen molar-refractivity contribution in [2.24, 2.45) is 0 Å². The highest BCUT2D eigenvalue weighted by molar-refractivity contribution is 6.45. The van der Waals surface area contributed by atoms with Crippen molar-refractivity contribution in [2.45, 2.75) is 12.8 Å². The maximum atomic E-state index is 12.7. The Kier molecular flexibility index (Phi) is 5.74. The highest BCUT2D eigenvalue weighted by atomic mass is 35.5. The third kappa shape index (κ3) is 4.33. The van der Waals surface area contributed by atoms with E-state index in [0.29, 0.717) is 27.5 Å². The van der Waals surface area contributed by atoms with Crippen molar-refractivity contribution in [3.63, 3.8) is 0 Å². The van der Waals surface area contributed by atoms with Crippen LogP contribution in [0.4, 0.5) is 5.69 Å². The van der Waals surface area contributed by atoms with Gasteiger partial charge in [-0.05, 0) is 37.3 Å². The maximum Gasteiger partial charge on any atom is 0.292 e. The number of H-pyrrole nitrogens is 1. The van der Waals surface area contributed by atoms with E-state index in [-0.39, 0.29) is 5.69 Å². The molecule has 0 aliphatic rings. The van der Waals surface area contributed by atoms with Gasteiger partial charge in [-0.25, -0.2) is 4.98 Å². The molecule has 148 valence electrons. The predicted molar refractivity (Wildman–Crippen MR) is 107 cm³/mol. The molecular formula is C20H16ClN3O5. The van der Waals surface area contributed by atoms with Crippen LogP contribution in [0.15, 0.2) is 47.3 Å². The number of aromatic nitrogens is 2. The van der Waals surface area contributed by atoms with Crippen molar-refractivity contribution in [1.82, 2.24) is 9.97 Å². The van der Waals surface area contributed by atoms with Crippen LogP contribution in [0.2, 0.25) is 5.02 Å². The van der Waals surface area contributed by atoms with Gasteiger partial charge in [0.05, 0.1) is 18.1 Å². The Balaban J connectivity index is 1.96. The molecule has 1 amide bonds. The first kappa shape index (κ1) is 20.2. The number of halogens is 1. The number of amides is 1. The monoisotopic (exact) mass is 413 g/mol. The molecule has 2 N–H and O–H groups in total. The lowest BCUT2D eigenvalue weighted by Crippen LogP contribution is -2.35. The van der Waals surface area contributed by atoms with Gasteiger partial charge in [0.1, 0.15) is 23.1 Å². The molecule has 8 nitrogen and oxygen atoms in total. The molecule has 1 aromatic heterocycles. The second kappa shape index (κ2) is 8.24. The van der Waals surface area contributed by atoms with Gasteiger partial charge in [-0.1, -0.05) is 17.7 Å². The van der Waals surface area contributed by atoms with Crippen LogP contribution in [0.25, 0.3) is 11.0 Å². The zero-order valence-corrected chi connectivity index (χ0v) is 16.2. The molecule has 0 aliphatic heterocycles. The molecule has 0 radical (unpaired) electrons. The van der Waals surface area contributed by atoms with Gasteiger partial charge in [0, 0.05) is 16.8 Å². The molecule has 1 heterocycles. The average Bonchev–Trinajstić information content (AvgIpc) is 2.68. The Morgan fingerprint density at radius 1 is 1.17 bits per heavy atom. The van der Waals surface area contributed by atoms with E-state index in [1.807, 2.05) is 0 Å². The first-order valence-electron chi connectivity index (χ1n) is 8.49. The Bertz CT molecular complexity index is 1190. The van der Waals surface area contributed by atoms with E-state index >= 15 is 0 Å². The summed E-state index contributed by atoms with van der Waals surface area (Å²) in [6.45, 7) is 1.12. The number of carbonyl (C=O) groups is 3. The molecule has 0 unspecified atom stereocenters. The molecule has 0 spiro atoms. The second-order valence-corrected chi connectivity index (χ2v) is 6.64. The molecular weight excluding hydrogens is 398 g/mol. The van der Waals surface area contributed by atoms with Crippen molar-refractivity contribution in [1.29, 1.82) is 0 Å². The summed E-state index contributed by atoms with van der Waals surface area (Å²) >= 11 is 5.89. The van der Waals surface area contributed by atoms with Gasteiger partial charge in [-0.15, -0.1) is 0 Å². The number of hydrogen-bond acceptors (Lipinski definition) is 6. The summed E-state index contributed by atoms with van der Waals surface area (Å²) in [5, 5.41) is 2.80. The molecule has 2 aromatic carbocycles. The minimum absolute atomic E-state index is 0.306. The fourth-order valence-electron chi connectivity index (χ4n) is 2.79. The molecule has 0 saturated heterocycles. The number of aromatic amines is 1. The quantitative estimate of drug-likeness (QED) is 0.473. The lowest BCUT2D eigenvalue weighted by Gasteiger charge is -2.13. The number of nitrogens with zero attached hydrogens (tertiary/aromatic N) is 1. The van der Waals surface area contributed by atoms with E-state index in [2.05, 4.69) is 15.3 Å². The number of benzene rings is 2. The van der Waals surface area contributed by atoms with Crippen molar-refractivity contribution in [3.05, 3.63) is 63.5 Å². The van der Waals surface area contributed by atoms with Crippen LogP contribution >= 0.6 is 11.6 Å². The predicted octanol–water partition coefficient (Wildman–Crippen LogP) is 2.47. The summed E-state index contributed by atoms with van der Waals surface area (Å²) in [7, 11) is 1.46. The fraction of sp³-hybridized carbons (Fsp3) is 0.150. The smallest absolute Gasteiger partial charge is 0.292 e.